The first-order valence-corrected chi connectivity index (χ1v) is 13.7. The van der Waals surface area contributed by atoms with Gasteiger partial charge in [-0.25, -0.2) is 9.97 Å². The van der Waals surface area contributed by atoms with Gasteiger partial charge in [0.05, 0.1) is 21.1 Å². The smallest absolute Gasteiger partial charge is 0.276 e. The monoisotopic (exact) mass is 530 g/mol. The van der Waals surface area contributed by atoms with Crippen LogP contribution >= 0.6 is 34.3 Å². The van der Waals surface area contributed by atoms with Crippen LogP contribution in [0.5, 0.6) is 0 Å². The van der Waals surface area contributed by atoms with Gasteiger partial charge in [-0.1, -0.05) is 18.5 Å². The van der Waals surface area contributed by atoms with Crippen LogP contribution in [0.3, 0.4) is 0 Å². The van der Waals surface area contributed by atoms with Crippen LogP contribution in [0.1, 0.15) is 66.6 Å². The predicted molar refractivity (Wildman–Crippen MR) is 142 cm³/mol. The van der Waals surface area contributed by atoms with Crippen LogP contribution in [0.2, 0.25) is 5.02 Å². The van der Waals surface area contributed by atoms with Gasteiger partial charge in [-0.2, -0.15) is 0 Å². The number of amides is 2. The summed E-state index contributed by atoms with van der Waals surface area (Å²) in [7, 11) is 0. The van der Waals surface area contributed by atoms with Crippen molar-refractivity contribution in [2.45, 2.75) is 52.5 Å². The third-order valence-corrected chi connectivity index (χ3v) is 8.22. The van der Waals surface area contributed by atoms with Crippen molar-refractivity contribution < 1.29 is 14.4 Å². The number of nitrogens with zero attached hydrogens (tertiary/aromatic N) is 3. The molecular formula is C25H27ClN4O3S2. The Labute approximate surface area is 217 Å². The highest BCUT2D eigenvalue weighted by Gasteiger charge is 2.32. The van der Waals surface area contributed by atoms with Crippen molar-refractivity contribution in [1.29, 1.82) is 0 Å². The lowest BCUT2D eigenvalue weighted by molar-refractivity contribution is -0.123. The number of hydrogen-bond acceptors (Lipinski definition) is 7. The molecule has 0 saturated heterocycles. The van der Waals surface area contributed by atoms with Crippen molar-refractivity contribution in [1.82, 2.24) is 9.97 Å². The van der Waals surface area contributed by atoms with E-state index in [1.54, 1.807) is 28.1 Å². The van der Waals surface area contributed by atoms with E-state index in [0.29, 0.717) is 27.7 Å². The zero-order chi connectivity index (χ0) is 25.1. The number of nitrogens with one attached hydrogen (secondary N) is 1. The highest BCUT2D eigenvalue weighted by atomic mass is 35.5. The zero-order valence-electron chi connectivity index (χ0n) is 19.8. The lowest BCUT2D eigenvalue weighted by atomic mass is 9.82. The summed E-state index contributed by atoms with van der Waals surface area (Å²) in [5.74, 6) is 0.546. The average Bonchev–Trinajstić information content (AvgIpc) is 3.51. The Morgan fingerprint density at radius 2 is 1.94 bits per heavy atom. The summed E-state index contributed by atoms with van der Waals surface area (Å²) in [6.45, 7) is 6.16. The fourth-order valence-corrected chi connectivity index (χ4v) is 6.02. The van der Waals surface area contributed by atoms with Crippen LogP contribution in [-0.4, -0.2) is 34.1 Å². The Kier molecular flexibility index (Phi) is 7.98. The molecule has 3 heterocycles. The molecule has 3 aromatic heterocycles. The van der Waals surface area contributed by atoms with Gasteiger partial charge in [0.1, 0.15) is 5.69 Å². The quantitative estimate of drug-likeness (QED) is 0.349. The molecule has 1 saturated carbocycles. The van der Waals surface area contributed by atoms with Crippen molar-refractivity contribution >= 4 is 63.9 Å². The fraction of sp³-hybridized carbons (Fsp3) is 0.400. The van der Waals surface area contributed by atoms with Crippen molar-refractivity contribution in [2.75, 3.05) is 10.2 Å². The van der Waals surface area contributed by atoms with E-state index in [1.165, 1.54) is 22.7 Å². The van der Waals surface area contributed by atoms with Gasteiger partial charge in [0, 0.05) is 34.0 Å². The SMILES string of the molecule is CC1CCC(C(=O)N(c2cc(-c3cnc(NC(=O)c4cscn4)c(Cl)c3)sc2C=O)C(C)C)CC1. The molecule has 4 rings (SSSR count). The number of carbonyl (C=O) groups excluding carboxylic acids is 3. The first kappa shape index (κ1) is 25.5. The summed E-state index contributed by atoms with van der Waals surface area (Å²) in [6, 6.07) is 3.46. The van der Waals surface area contributed by atoms with Gasteiger partial charge in [0.15, 0.2) is 12.1 Å². The predicted octanol–water partition coefficient (Wildman–Crippen LogP) is 6.55. The number of aldehydes is 1. The fourth-order valence-electron chi connectivity index (χ4n) is 4.33. The largest absolute Gasteiger partial charge is 0.308 e. The minimum Gasteiger partial charge on any atom is -0.308 e. The molecule has 0 unspecified atom stereocenters. The molecule has 35 heavy (non-hydrogen) atoms. The second kappa shape index (κ2) is 11.0. The van der Waals surface area contributed by atoms with E-state index in [1.807, 2.05) is 19.9 Å². The summed E-state index contributed by atoms with van der Waals surface area (Å²) < 4.78 is 0. The molecule has 0 bridgehead atoms. The molecule has 0 aromatic carbocycles. The maximum atomic E-state index is 13.5. The number of thiophene rings is 1. The lowest BCUT2D eigenvalue weighted by Gasteiger charge is -2.33. The number of anilines is 2. The highest BCUT2D eigenvalue weighted by Crippen LogP contribution is 2.40. The van der Waals surface area contributed by atoms with Gasteiger partial charge in [-0.3, -0.25) is 14.4 Å². The molecule has 0 atom stereocenters. The van der Waals surface area contributed by atoms with Crippen LogP contribution < -0.4 is 10.2 Å². The lowest BCUT2D eigenvalue weighted by Crippen LogP contribution is -2.42. The number of carbonyl (C=O) groups is 3. The molecule has 1 N–H and O–H groups in total. The van der Waals surface area contributed by atoms with Crippen LogP contribution in [0.4, 0.5) is 11.5 Å². The van der Waals surface area contributed by atoms with Crippen LogP contribution in [-0.2, 0) is 4.79 Å². The van der Waals surface area contributed by atoms with Gasteiger partial charge < -0.3 is 10.2 Å². The molecule has 0 aliphatic heterocycles. The first-order chi connectivity index (χ1) is 16.8. The number of hydrogen-bond donors (Lipinski definition) is 1. The first-order valence-electron chi connectivity index (χ1n) is 11.6. The van der Waals surface area contributed by atoms with Crippen molar-refractivity contribution in [2.24, 2.45) is 11.8 Å². The average molecular weight is 531 g/mol. The molecule has 0 radical (unpaired) electrons. The second-order valence-corrected chi connectivity index (χ2v) is 11.3. The topological polar surface area (TPSA) is 92.3 Å². The van der Waals surface area contributed by atoms with Gasteiger partial charge >= 0.3 is 0 Å². The molecule has 1 aliphatic carbocycles. The van der Waals surface area contributed by atoms with Crippen LogP contribution in [0, 0.1) is 11.8 Å². The van der Waals surface area contributed by atoms with E-state index in [2.05, 4.69) is 22.2 Å². The second-order valence-electron chi connectivity index (χ2n) is 9.12. The number of aromatic nitrogens is 2. The Hall–Kier alpha value is -2.62. The molecule has 1 aliphatic rings. The van der Waals surface area contributed by atoms with Crippen molar-refractivity contribution in [3.63, 3.8) is 0 Å². The van der Waals surface area contributed by atoms with E-state index in [9.17, 15) is 14.4 Å². The summed E-state index contributed by atoms with van der Waals surface area (Å²) in [5, 5.41) is 4.57. The van der Waals surface area contributed by atoms with Gasteiger partial charge in [-0.05, 0) is 57.6 Å². The molecule has 3 aromatic rings. The third kappa shape index (κ3) is 5.63. The number of thiazole rings is 1. The zero-order valence-corrected chi connectivity index (χ0v) is 22.2. The standard InChI is InChI=1S/C25H27ClN4O3S2/c1-14(2)30(25(33)16-6-4-15(3)5-7-16)20-9-21(35-22(20)11-31)17-8-18(26)23(27-10-17)29-24(32)19-12-34-13-28-19/h8-16H,4-7H2,1-3H3,(H,27,29,32). The molecule has 2 amide bonds. The Balaban J connectivity index is 1.60. The Morgan fingerprint density at radius 3 is 2.54 bits per heavy atom. The van der Waals surface area contributed by atoms with Crippen LogP contribution in [0.25, 0.3) is 10.4 Å². The van der Waals surface area contributed by atoms with Gasteiger partial charge in [-0.15, -0.1) is 22.7 Å². The van der Waals surface area contributed by atoms with E-state index < -0.39 is 5.91 Å². The normalized spacial score (nSPS) is 17.9. The van der Waals surface area contributed by atoms with Crippen LogP contribution in [0.15, 0.2) is 29.2 Å². The van der Waals surface area contributed by atoms with Crippen molar-refractivity contribution in [3.05, 3.63) is 44.8 Å². The highest BCUT2D eigenvalue weighted by molar-refractivity contribution is 7.17. The summed E-state index contributed by atoms with van der Waals surface area (Å²) in [5.41, 5.74) is 3.19. The molecule has 10 heteroatoms. The number of rotatable bonds is 7. The minimum absolute atomic E-state index is 0.0202. The summed E-state index contributed by atoms with van der Waals surface area (Å²) in [6.07, 6.45) is 6.25. The molecular weight excluding hydrogens is 504 g/mol. The molecule has 7 nitrogen and oxygen atoms in total. The molecule has 1 fully saturated rings. The summed E-state index contributed by atoms with van der Waals surface area (Å²) in [4.78, 5) is 49.1. The van der Waals surface area contributed by atoms with E-state index in [-0.39, 0.29) is 28.7 Å². The molecule has 0 spiro atoms. The maximum absolute atomic E-state index is 13.5. The number of pyridine rings is 1. The number of halogens is 1. The van der Waals surface area contributed by atoms with Crippen molar-refractivity contribution in [3.8, 4) is 10.4 Å². The van der Waals surface area contributed by atoms with Gasteiger partial charge in [0.2, 0.25) is 5.91 Å². The Bertz CT molecular complexity index is 1220. The van der Waals surface area contributed by atoms with E-state index in [0.717, 1.165) is 36.8 Å². The third-order valence-electron chi connectivity index (χ3n) is 6.25. The molecule has 184 valence electrons. The Morgan fingerprint density at radius 1 is 1.20 bits per heavy atom. The maximum Gasteiger partial charge on any atom is 0.276 e. The van der Waals surface area contributed by atoms with Gasteiger partial charge in [0.25, 0.3) is 5.91 Å². The summed E-state index contributed by atoms with van der Waals surface area (Å²) >= 11 is 9.03. The van der Waals surface area contributed by atoms with E-state index in [4.69, 9.17) is 11.6 Å². The van der Waals surface area contributed by atoms with E-state index >= 15 is 0 Å². The minimum atomic E-state index is -0.391.